The number of Topliss-reactive ketones (excluding diaryl/α,β-unsaturated/α-hetero) is 1. The van der Waals surface area contributed by atoms with Gasteiger partial charge in [-0.3, -0.25) is 9.59 Å². The van der Waals surface area contributed by atoms with Crippen molar-refractivity contribution in [2.75, 3.05) is 27.9 Å². The Labute approximate surface area is 215 Å². The van der Waals surface area contributed by atoms with Gasteiger partial charge in [-0.15, -0.1) is 0 Å². The van der Waals surface area contributed by atoms with Gasteiger partial charge in [-0.25, -0.2) is 0 Å². The first-order chi connectivity index (χ1) is 17.9. The highest BCUT2D eigenvalue weighted by molar-refractivity contribution is 6.46. The number of aliphatic hydroxyl groups excluding tert-OH is 1. The molecule has 0 aromatic heterocycles. The summed E-state index contributed by atoms with van der Waals surface area (Å²) < 4.78 is 21.5. The van der Waals surface area contributed by atoms with Gasteiger partial charge < -0.3 is 29.0 Å². The van der Waals surface area contributed by atoms with Crippen LogP contribution >= 0.6 is 0 Å². The van der Waals surface area contributed by atoms with Crippen LogP contribution in [0.4, 0.5) is 0 Å². The number of hydrogen-bond donors (Lipinski definition) is 1. The summed E-state index contributed by atoms with van der Waals surface area (Å²) in [7, 11) is 4.53. The van der Waals surface area contributed by atoms with Gasteiger partial charge in [0, 0.05) is 12.6 Å². The second kappa shape index (κ2) is 11.1. The van der Waals surface area contributed by atoms with Crippen LogP contribution in [0.5, 0.6) is 23.0 Å². The van der Waals surface area contributed by atoms with E-state index < -0.39 is 17.7 Å². The maximum atomic E-state index is 13.4. The van der Waals surface area contributed by atoms with E-state index >= 15 is 0 Å². The second-order valence-electron chi connectivity index (χ2n) is 8.34. The van der Waals surface area contributed by atoms with Crippen LogP contribution in [0.25, 0.3) is 5.76 Å². The number of ketones is 1. The minimum atomic E-state index is -0.829. The summed E-state index contributed by atoms with van der Waals surface area (Å²) >= 11 is 0. The smallest absolute Gasteiger partial charge is 0.295 e. The van der Waals surface area contributed by atoms with Crippen LogP contribution in [-0.4, -0.2) is 49.6 Å². The monoisotopic (exact) mass is 503 g/mol. The summed E-state index contributed by atoms with van der Waals surface area (Å²) in [5, 5.41) is 11.4. The molecular weight excluding hydrogens is 474 g/mol. The predicted molar refractivity (Wildman–Crippen MR) is 138 cm³/mol. The molecule has 1 N–H and O–H groups in total. The highest BCUT2D eigenvalue weighted by atomic mass is 16.5. The summed E-state index contributed by atoms with van der Waals surface area (Å²) in [6.45, 7) is 2.60. The van der Waals surface area contributed by atoms with E-state index in [0.29, 0.717) is 35.2 Å². The molecule has 3 aromatic carbocycles. The molecule has 0 radical (unpaired) electrons. The van der Waals surface area contributed by atoms with Crippen molar-refractivity contribution in [3.05, 3.63) is 89.0 Å². The summed E-state index contributed by atoms with van der Waals surface area (Å²) in [5.41, 5.74) is 1.72. The molecule has 0 aliphatic carbocycles. The van der Waals surface area contributed by atoms with Gasteiger partial charge in [-0.05, 0) is 54.4 Å². The molecule has 1 aliphatic heterocycles. The SMILES string of the molecule is CCOc1ccc(CN2C(=O)C(=O)/C(=C(\O)c3ccc(OC)cc3OC)C2c2ccc(OC)cc2)cc1. The summed E-state index contributed by atoms with van der Waals surface area (Å²) in [6, 6.07) is 18.4. The van der Waals surface area contributed by atoms with Crippen molar-refractivity contribution in [3.8, 4) is 23.0 Å². The van der Waals surface area contributed by atoms with Crippen LogP contribution in [-0.2, 0) is 16.1 Å². The number of carbonyl (C=O) groups excluding carboxylic acids is 2. The van der Waals surface area contributed by atoms with Crippen LogP contribution in [0.3, 0.4) is 0 Å². The normalized spacial score (nSPS) is 16.5. The summed E-state index contributed by atoms with van der Waals surface area (Å²) in [4.78, 5) is 28.1. The lowest BCUT2D eigenvalue weighted by molar-refractivity contribution is -0.140. The third-order valence-corrected chi connectivity index (χ3v) is 6.22. The third kappa shape index (κ3) is 5.09. The van der Waals surface area contributed by atoms with E-state index in [4.69, 9.17) is 18.9 Å². The summed E-state index contributed by atoms with van der Waals surface area (Å²) in [5.74, 6) is 0.369. The minimum Gasteiger partial charge on any atom is -0.507 e. The minimum absolute atomic E-state index is 0.0235. The Bertz CT molecular complexity index is 1310. The predicted octanol–water partition coefficient (Wildman–Crippen LogP) is 4.73. The number of hydrogen-bond acceptors (Lipinski definition) is 7. The average Bonchev–Trinajstić information content (AvgIpc) is 3.18. The number of carbonyl (C=O) groups is 2. The second-order valence-corrected chi connectivity index (χ2v) is 8.34. The molecule has 3 aromatic rings. The van der Waals surface area contributed by atoms with Gasteiger partial charge in [-0.2, -0.15) is 0 Å². The van der Waals surface area contributed by atoms with Gasteiger partial charge >= 0.3 is 0 Å². The number of methoxy groups -OCH3 is 3. The standard InChI is InChI=1S/C29H29NO7/c1-5-37-21-10-6-18(7-11-21)17-30-26(19-8-12-20(34-2)13-9-19)25(28(32)29(30)33)27(31)23-15-14-22(35-3)16-24(23)36-4/h6-16,26,31H,5,17H2,1-4H3/b27-25-. The largest absolute Gasteiger partial charge is 0.507 e. The zero-order chi connectivity index (χ0) is 26.5. The van der Waals surface area contributed by atoms with Crippen molar-refractivity contribution in [2.24, 2.45) is 0 Å². The van der Waals surface area contributed by atoms with Gasteiger partial charge in [0.05, 0.1) is 45.1 Å². The maximum absolute atomic E-state index is 13.4. The highest BCUT2D eigenvalue weighted by Gasteiger charge is 2.46. The lowest BCUT2D eigenvalue weighted by Crippen LogP contribution is -2.29. The zero-order valence-corrected chi connectivity index (χ0v) is 21.2. The highest BCUT2D eigenvalue weighted by Crippen LogP contribution is 2.42. The molecule has 1 heterocycles. The van der Waals surface area contributed by atoms with Crippen molar-refractivity contribution in [1.29, 1.82) is 0 Å². The molecule has 1 atom stereocenters. The molecule has 1 unspecified atom stereocenters. The van der Waals surface area contributed by atoms with Gasteiger partial charge in [0.1, 0.15) is 28.8 Å². The van der Waals surface area contributed by atoms with Crippen molar-refractivity contribution in [2.45, 2.75) is 19.5 Å². The molecule has 37 heavy (non-hydrogen) atoms. The third-order valence-electron chi connectivity index (χ3n) is 6.22. The molecule has 0 saturated carbocycles. The van der Waals surface area contributed by atoms with Crippen LogP contribution in [0.15, 0.2) is 72.3 Å². The first-order valence-corrected chi connectivity index (χ1v) is 11.8. The Morgan fingerprint density at radius 3 is 2.05 bits per heavy atom. The van der Waals surface area contributed by atoms with Crippen molar-refractivity contribution in [3.63, 3.8) is 0 Å². The van der Waals surface area contributed by atoms with Crippen LogP contribution in [0, 0.1) is 0 Å². The van der Waals surface area contributed by atoms with Crippen LogP contribution in [0.2, 0.25) is 0 Å². The Hall–Kier alpha value is -4.46. The van der Waals surface area contributed by atoms with E-state index in [1.807, 2.05) is 31.2 Å². The summed E-state index contributed by atoms with van der Waals surface area (Å²) in [6.07, 6.45) is 0. The van der Waals surface area contributed by atoms with E-state index in [1.165, 1.54) is 19.1 Å². The number of rotatable bonds is 9. The van der Waals surface area contributed by atoms with E-state index in [-0.39, 0.29) is 23.4 Å². The Balaban J connectivity index is 1.83. The molecule has 192 valence electrons. The van der Waals surface area contributed by atoms with E-state index in [0.717, 1.165) is 5.56 Å². The fourth-order valence-corrected chi connectivity index (χ4v) is 4.37. The molecule has 1 saturated heterocycles. The molecule has 1 amide bonds. The molecular formula is C29H29NO7. The van der Waals surface area contributed by atoms with Gasteiger partial charge in [-0.1, -0.05) is 24.3 Å². The number of benzene rings is 3. The fourth-order valence-electron chi connectivity index (χ4n) is 4.37. The first-order valence-electron chi connectivity index (χ1n) is 11.8. The maximum Gasteiger partial charge on any atom is 0.295 e. The number of ether oxygens (including phenoxy) is 4. The number of likely N-dealkylation sites (tertiary alicyclic amines) is 1. The molecule has 4 rings (SSSR count). The van der Waals surface area contributed by atoms with E-state index in [1.54, 1.807) is 49.6 Å². The van der Waals surface area contributed by atoms with Gasteiger partial charge in [0.15, 0.2) is 0 Å². The zero-order valence-electron chi connectivity index (χ0n) is 21.2. The molecule has 8 nitrogen and oxygen atoms in total. The average molecular weight is 504 g/mol. The first kappa shape index (κ1) is 25.6. The fraction of sp³-hybridized carbons (Fsp3) is 0.241. The van der Waals surface area contributed by atoms with Crippen molar-refractivity contribution < 1.29 is 33.6 Å². The van der Waals surface area contributed by atoms with Crippen molar-refractivity contribution in [1.82, 2.24) is 4.90 Å². The molecule has 1 aliphatic rings. The quantitative estimate of drug-likeness (QED) is 0.256. The number of amides is 1. The van der Waals surface area contributed by atoms with E-state index in [2.05, 4.69) is 0 Å². The van der Waals surface area contributed by atoms with Gasteiger partial charge in [0.2, 0.25) is 0 Å². The Morgan fingerprint density at radius 2 is 1.46 bits per heavy atom. The Morgan fingerprint density at radius 1 is 0.838 bits per heavy atom. The topological polar surface area (TPSA) is 94.5 Å². The molecule has 0 bridgehead atoms. The lowest BCUT2D eigenvalue weighted by Gasteiger charge is -2.26. The van der Waals surface area contributed by atoms with Crippen molar-refractivity contribution >= 4 is 17.4 Å². The molecule has 8 heteroatoms. The number of nitrogens with zero attached hydrogens (tertiary/aromatic N) is 1. The van der Waals surface area contributed by atoms with Crippen LogP contribution < -0.4 is 18.9 Å². The molecule has 0 spiro atoms. The van der Waals surface area contributed by atoms with E-state index in [9.17, 15) is 14.7 Å². The lowest BCUT2D eigenvalue weighted by atomic mass is 9.94. The number of aliphatic hydroxyl groups is 1. The van der Waals surface area contributed by atoms with Crippen LogP contribution in [0.1, 0.15) is 29.7 Å². The Kier molecular flexibility index (Phi) is 7.67. The van der Waals surface area contributed by atoms with Gasteiger partial charge in [0.25, 0.3) is 11.7 Å². The molecule has 1 fully saturated rings.